The first-order chi connectivity index (χ1) is 28.1. The third-order valence-corrected chi connectivity index (χ3v) is 12.6. The second kappa shape index (κ2) is 49.3. The predicted molar refractivity (Wildman–Crippen MR) is 250 cm³/mol. The molecule has 0 rings (SSSR count). The quantitative estimate of drug-likeness (QED) is 0.0491. The van der Waals surface area contributed by atoms with Crippen molar-refractivity contribution in [2.75, 3.05) is 0 Å². The number of ether oxygens (including phenoxy) is 1. The zero-order valence-corrected chi connectivity index (χ0v) is 39.2. The van der Waals surface area contributed by atoms with Crippen LogP contribution in [0.1, 0.15) is 322 Å². The molecule has 0 aliphatic rings. The van der Waals surface area contributed by atoms with Gasteiger partial charge in [0.25, 0.3) is 0 Å². The van der Waals surface area contributed by atoms with Crippen LogP contribution in [0.15, 0.2) is 0 Å². The lowest BCUT2D eigenvalue weighted by Gasteiger charge is -2.18. The molecule has 0 aliphatic heterocycles. The van der Waals surface area contributed by atoms with Gasteiger partial charge in [-0.1, -0.05) is 271 Å². The van der Waals surface area contributed by atoms with E-state index in [0.717, 1.165) is 64.2 Å². The molecular formula is C53H104O4. The van der Waals surface area contributed by atoms with Gasteiger partial charge in [0.1, 0.15) is 6.10 Å². The summed E-state index contributed by atoms with van der Waals surface area (Å²) in [6, 6.07) is 0. The van der Waals surface area contributed by atoms with Crippen LogP contribution in [-0.2, 0) is 14.3 Å². The summed E-state index contributed by atoms with van der Waals surface area (Å²) in [6.45, 7) is 4.59. The number of carboxylic acids is 1. The van der Waals surface area contributed by atoms with Gasteiger partial charge < -0.3 is 9.84 Å². The van der Waals surface area contributed by atoms with E-state index in [1.165, 1.54) is 231 Å². The molecule has 0 fully saturated rings. The number of esters is 1. The Labute approximate surface area is 358 Å². The van der Waals surface area contributed by atoms with Crippen molar-refractivity contribution in [3.63, 3.8) is 0 Å². The number of carbonyl (C=O) groups is 2. The highest BCUT2D eigenvalue weighted by atomic mass is 16.5. The Kier molecular flexibility index (Phi) is 48.4. The fourth-order valence-electron chi connectivity index (χ4n) is 8.66. The van der Waals surface area contributed by atoms with E-state index in [-0.39, 0.29) is 18.5 Å². The SMILES string of the molecule is CCCCCCCCCCCCCCCCCCCCCCCCCCC(=O)OC(CCCCCCCCCCCCCCCCC)CCCCCCCC(=O)O. The average molecular weight is 805 g/mol. The maximum Gasteiger partial charge on any atom is 0.306 e. The Hall–Kier alpha value is -1.06. The van der Waals surface area contributed by atoms with Gasteiger partial charge in [-0.3, -0.25) is 9.59 Å². The molecule has 0 aromatic carbocycles. The van der Waals surface area contributed by atoms with Crippen LogP contribution in [0.25, 0.3) is 0 Å². The summed E-state index contributed by atoms with van der Waals surface area (Å²) >= 11 is 0. The molecule has 0 saturated carbocycles. The van der Waals surface area contributed by atoms with Gasteiger partial charge in [-0.2, -0.15) is 0 Å². The maximum absolute atomic E-state index is 12.8. The van der Waals surface area contributed by atoms with E-state index in [9.17, 15) is 9.59 Å². The molecule has 0 radical (unpaired) electrons. The summed E-state index contributed by atoms with van der Waals surface area (Å²) in [6.07, 6.45) is 61.7. The minimum atomic E-state index is -0.693. The van der Waals surface area contributed by atoms with Crippen LogP contribution in [0.4, 0.5) is 0 Å². The molecule has 0 aromatic heterocycles. The zero-order valence-electron chi connectivity index (χ0n) is 39.2. The van der Waals surface area contributed by atoms with Crippen LogP contribution in [0.3, 0.4) is 0 Å². The number of aliphatic carboxylic acids is 1. The van der Waals surface area contributed by atoms with Crippen LogP contribution in [-0.4, -0.2) is 23.1 Å². The predicted octanol–water partition coefficient (Wildman–Crippen LogP) is 18.7. The van der Waals surface area contributed by atoms with E-state index in [4.69, 9.17) is 9.84 Å². The number of rotatable bonds is 50. The number of carbonyl (C=O) groups excluding carboxylic acids is 1. The molecule has 340 valence electrons. The Balaban J connectivity index is 3.81. The van der Waals surface area contributed by atoms with E-state index in [2.05, 4.69) is 13.8 Å². The van der Waals surface area contributed by atoms with Crippen molar-refractivity contribution in [1.29, 1.82) is 0 Å². The van der Waals surface area contributed by atoms with E-state index in [1.807, 2.05) is 0 Å². The first kappa shape index (κ1) is 55.9. The number of carboxylic acid groups (broad SMARTS) is 1. The van der Waals surface area contributed by atoms with Crippen molar-refractivity contribution in [3.05, 3.63) is 0 Å². The topological polar surface area (TPSA) is 63.6 Å². The third-order valence-electron chi connectivity index (χ3n) is 12.6. The normalized spacial score (nSPS) is 12.0. The molecule has 0 saturated heterocycles. The molecule has 4 nitrogen and oxygen atoms in total. The first-order valence-electron chi connectivity index (χ1n) is 26.5. The van der Waals surface area contributed by atoms with Gasteiger partial charge in [0, 0.05) is 12.8 Å². The maximum atomic E-state index is 12.8. The van der Waals surface area contributed by atoms with Gasteiger partial charge in [0.2, 0.25) is 0 Å². The van der Waals surface area contributed by atoms with Gasteiger partial charge in [0.05, 0.1) is 0 Å². The molecule has 0 amide bonds. The Morgan fingerprint density at radius 2 is 0.526 bits per heavy atom. The molecule has 57 heavy (non-hydrogen) atoms. The highest BCUT2D eigenvalue weighted by molar-refractivity contribution is 5.69. The second-order valence-corrected chi connectivity index (χ2v) is 18.4. The van der Waals surface area contributed by atoms with Crippen molar-refractivity contribution in [2.24, 2.45) is 0 Å². The number of unbranched alkanes of at least 4 members (excludes halogenated alkanes) is 41. The standard InChI is InChI=1S/C53H104O4/c1-3-5-7-9-11-13-15-17-19-20-21-22-23-24-25-26-27-29-31-33-35-37-42-46-50-53(56)57-51(48-44-40-38-41-45-49-52(54)55)47-43-39-36-34-32-30-28-18-16-14-12-10-8-6-4-2/h51H,3-50H2,1-2H3,(H,54,55). The Morgan fingerprint density at radius 1 is 0.316 bits per heavy atom. The van der Waals surface area contributed by atoms with E-state index in [1.54, 1.807) is 0 Å². The highest BCUT2D eigenvalue weighted by Gasteiger charge is 2.14. The second-order valence-electron chi connectivity index (χ2n) is 18.4. The lowest BCUT2D eigenvalue weighted by Crippen LogP contribution is -2.18. The summed E-state index contributed by atoms with van der Waals surface area (Å²) < 4.78 is 6.06. The monoisotopic (exact) mass is 805 g/mol. The summed E-state index contributed by atoms with van der Waals surface area (Å²) in [4.78, 5) is 23.6. The smallest absolute Gasteiger partial charge is 0.306 e. The molecule has 0 aromatic rings. The number of hydrogen-bond donors (Lipinski definition) is 1. The van der Waals surface area contributed by atoms with Crippen LogP contribution >= 0.6 is 0 Å². The van der Waals surface area contributed by atoms with Crippen molar-refractivity contribution in [2.45, 2.75) is 328 Å². The zero-order chi connectivity index (χ0) is 41.4. The van der Waals surface area contributed by atoms with Gasteiger partial charge in [0.15, 0.2) is 0 Å². The van der Waals surface area contributed by atoms with E-state index >= 15 is 0 Å². The fourth-order valence-corrected chi connectivity index (χ4v) is 8.66. The molecule has 4 heteroatoms. The molecular weight excluding hydrogens is 701 g/mol. The molecule has 1 N–H and O–H groups in total. The lowest BCUT2D eigenvalue weighted by atomic mass is 10.0. The lowest BCUT2D eigenvalue weighted by molar-refractivity contribution is -0.150. The average Bonchev–Trinajstić information content (AvgIpc) is 3.20. The van der Waals surface area contributed by atoms with E-state index in [0.29, 0.717) is 6.42 Å². The Morgan fingerprint density at radius 3 is 0.772 bits per heavy atom. The molecule has 0 spiro atoms. The highest BCUT2D eigenvalue weighted by Crippen LogP contribution is 2.20. The van der Waals surface area contributed by atoms with Crippen molar-refractivity contribution >= 4 is 11.9 Å². The first-order valence-corrected chi connectivity index (χ1v) is 26.5. The summed E-state index contributed by atoms with van der Waals surface area (Å²) in [7, 11) is 0. The third kappa shape index (κ3) is 49.2. The van der Waals surface area contributed by atoms with Crippen LogP contribution in [0.2, 0.25) is 0 Å². The van der Waals surface area contributed by atoms with Gasteiger partial charge >= 0.3 is 11.9 Å². The van der Waals surface area contributed by atoms with Crippen molar-refractivity contribution in [1.82, 2.24) is 0 Å². The summed E-state index contributed by atoms with van der Waals surface area (Å²) in [5.74, 6) is -0.678. The van der Waals surface area contributed by atoms with Crippen molar-refractivity contribution < 1.29 is 19.4 Å². The van der Waals surface area contributed by atoms with Crippen LogP contribution in [0, 0.1) is 0 Å². The molecule has 0 heterocycles. The molecule has 0 bridgehead atoms. The minimum absolute atomic E-state index is 0.0150. The minimum Gasteiger partial charge on any atom is -0.481 e. The Bertz CT molecular complexity index is 781. The van der Waals surface area contributed by atoms with Gasteiger partial charge in [-0.25, -0.2) is 0 Å². The van der Waals surface area contributed by atoms with Gasteiger partial charge in [-0.15, -0.1) is 0 Å². The summed E-state index contributed by atoms with van der Waals surface area (Å²) in [5.41, 5.74) is 0. The summed E-state index contributed by atoms with van der Waals surface area (Å²) in [5, 5.41) is 8.87. The van der Waals surface area contributed by atoms with Crippen LogP contribution < -0.4 is 0 Å². The molecule has 0 aliphatic carbocycles. The van der Waals surface area contributed by atoms with Crippen molar-refractivity contribution in [3.8, 4) is 0 Å². The number of hydrogen-bond acceptors (Lipinski definition) is 3. The largest absolute Gasteiger partial charge is 0.481 e. The fraction of sp³-hybridized carbons (Fsp3) is 0.962. The van der Waals surface area contributed by atoms with E-state index < -0.39 is 5.97 Å². The molecule has 1 unspecified atom stereocenters. The van der Waals surface area contributed by atoms with Gasteiger partial charge in [-0.05, 0) is 38.5 Å². The van der Waals surface area contributed by atoms with Crippen LogP contribution in [0.5, 0.6) is 0 Å². The molecule has 1 atom stereocenters.